The summed E-state index contributed by atoms with van der Waals surface area (Å²) < 4.78 is 11.4. The summed E-state index contributed by atoms with van der Waals surface area (Å²) in [5.41, 5.74) is 2.59. The standard InChI is InChI=1S/C22H16N4O3S/c27-21(18-13-28-16-5-1-2-6-17(16)29-18)26-22-25-19(14-7-10-23-11-8-14)20(30-22)15-4-3-9-24-12-15/h1-12,18H,13H2,(H,25,26,27). The lowest BCUT2D eigenvalue weighted by Gasteiger charge is -2.25. The summed E-state index contributed by atoms with van der Waals surface area (Å²) >= 11 is 1.39. The molecule has 148 valence electrons. The van der Waals surface area contributed by atoms with Crippen LogP contribution >= 0.6 is 11.3 Å². The Morgan fingerprint density at radius 1 is 0.967 bits per heavy atom. The predicted molar refractivity (Wildman–Crippen MR) is 114 cm³/mol. The van der Waals surface area contributed by atoms with Crippen molar-refractivity contribution in [1.29, 1.82) is 0 Å². The third-order valence-corrected chi connectivity index (χ3v) is 5.56. The van der Waals surface area contributed by atoms with Crippen LogP contribution in [0.1, 0.15) is 0 Å². The van der Waals surface area contributed by atoms with Crippen LogP contribution in [0.2, 0.25) is 0 Å². The van der Waals surface area contributed by atoms with E-state index in [1.807, 2.05) is 42.5 Å². The van der Waals surface area contributed by atoms with E-state index in [1.54, 1.807) is 30.9 Å². The van der Waals surface area contributed by atoms with Crippen LogP contribution < -0.4 is 14.8 Å². The van der Waals surface area contributed by atoms with Crippen LogP contribution in [-0.4, -0.2) is 33.6 Å². The molecule has 4 heterocycles. The first-order chi connectivity index (χ1) is 14.8. The van der Waals surface area contributed by atoms with Gasteiger partial charge in [0.05, 0.1) is 10.6 Å². The number of carbonyl (C=O) groups is 1. The summed E-state index contributed by atoms with van der Waals surface area (Å²) in [6, 6.07) is 14.9. The largest absolute Gasteiger partial charge is 0.485 e. The molecule has 0 saturated carbocycles. The monoisotopic (exact) mass is 416 g/mol. The van der Waals surface area contributed by atoms with Crippen molar-refractivity contribution in [2.75, 3.05) is 11.9 Å². The number of rotatable bonds is 4. The first-order valence-electron chi connectivity index (χ1n) is 9.29. The number of hydrogen-bond donors (Lipinski definition) is 1. The Hall–Kier alpha value is -3.78. The summed E-state index contributed by atoms with van der Waals surface area (Å²) in [6.07, 6.45) is 6.17. The van der Waals surface area contributed by atoms with Gasteiger partial charge in [-0.15, -0.1) is 0 Å². The highest BCUT2D eigenvalue weighted by Crippen LogP contribution is 2.39. The number of nitrogens with one attached hydrogen (secondary N) is 1. The lowest BCUT2D eigenvalue weighted by molar-refractivity contribution is -0.125. The second-order valence-corrected chi connectivity index (χ2v) is 7.53. The van der Waals surface area contributed by atoms with Crippen LogP contribution in [-0.2, 0) is 4.79 Å². The fraction of sp³-hybridized carbons (Fsp3) is 0.0909. The quantitative estimate of drug-likeness (QED) is 0.540. The number of amides is 1. The molecule has 1 unspecified atom stereocenters. The van der Waals surface area contributed by atoms with Crippen LogP contribution in [0.4, 0.5) is 5.13 Å². The van der Waals surface area contributed by atoms with Crippen LogP contribution in [0.25, 0.3) is 21.7 Å². The minimum absolute atomic E-state index is 0.140. The Kier molecular flexibility index (Phi) is 4.82. The number of para-hydroxylation sites is 2. The van der Waals surface area contributed by atoms with Gasteiger partial charge in [-0.3, -0.25) is 20.1 Å². The number of carbonyl (C=O) groups excluding carboxylic acids is 1. The zero-order valence-corrected chi connectivity index (χ0v) is 16.5. The molecular weight excluding hydrogens is 400 g/mol. The molecule has 4 aromatic rings. The molecule has 30 heavy (non-hydrogen) atoms. The number of pyridine rings is 2. The topological polar surface area (TPSA) is 86.2 Å². The van der Waals surface area contributed by atoms with Gasteiger partial charge in [0, 0.05) is 35.9 Å². The Morgan fingerprint density at radius 2 is 1.80 bits per heavy atom. The fourth-order valence-corrected chi connectivity index (χ4v) is 4.09. The highest BCUT2D eigenvalue weighted by Gasteiger charge is 2.28. The van der Waals surface area contributed by atoms with E-state index < -0.39 is 6.10 Å². The van der Waals surface area contributed by atoms with E-state index in [1.165, 1.54) is 11.3 Å². The van der Waals surface area contributed by atoms with E-state index in [2.05, 4.69) is 20.3 Å². The fourth-order valence-electron chi connectivity index (χ4n) is 3.11. The molecule has 0 aliphatic carbocycles. The van der Waals surface area contributed by atoms with Crippen LogP contribution in [0.3, 0.4) is 0 Å². The second kappa shape index (κ2) is 7.92. The van der Waals surface area contributed by atoms with Crippen molar-refractivity contribution in [3.8, 4) is 33.2 Å². The first kappa shape index (κ1) is 18.3. The molecule has 0 fully saturated rings. The number of fused-ring (bicyclic) bond motifs is 1. The van der Waals surface area contributed by atoms with Gasteiger partial charge in [0.25, 0.3) is 5.91 Å². The molecule has 1 atom stereocenters. The van der Waals surface area contributed by atoms with Crippen molar-refractivity contribution < 1.29 is 14.3 Å². The average molecular weight is 416 g/mol. The van der Waals surface area contributed by atoms with E-state index >= 15 is 0 Å². The van der Waals surface area contributed by atoms with Gasteiger partial charge in [0.15, 0.2) is 16.6 Å². The maximum atomic E-state index is 12.8. The van der Waals surface area contributed by atoms with Crippen LogP contribution in [0.15, 0.2) is 73.3 Å². The number of hydrogen-bond acceptors (Lipinski definition) is 7. The maximum absolute atomic E-state index is 12.8. The van der Waals surface area contributed by atoms with Crippen molar-refractivity contribution in [2.24, 2.45) is 0 Å². The number of nitrogens with zero attached hydrogens (tertiary/aromatic N) is 3. The van der Waals surface area contributed by atoms with Crippen molar-refractivity contribution in [3.63, 3.8) is 0 Å². The number of thiazole rings is 1. The Labute approximate surface area is 176 Å². The van der Waals surface area contributed by atoms with E-state index in [-0.39, 0.29) is 12.5 Å². The molecule has 1 aliphatic rings. The van der Waals surface area contributed by atoms with Gasteiger partial charge in [0.2, 0.25) is 6.10 Å². The molecule has 7 nitrogen and oxygen atoms in total. The third-order valence-electron chi connectivity index (χ3n) is 4.54. The van der Waals surface area contributed by atoms with Crippen LogP contribution in [0, 0.1) is 0 Å². The minimum atomic E-state index is -0.755. The Bertz CT molecular complexity index is 1120. The molecule has 0 saturated heterocycles. The molecule has 1 aliphatic heterocycles. The predicted octanol–water partition coefficient (Wildman–Crippen LogP) is 4.05. The molecule has 0 bridgehead atoms. The lowest BCUT2D eigenvalue weighted by atomic mass is 10.1. The van der Waals surface area contributed by atoms with Gasteiger partial charge in [-0.2, -0.15) is 0 Å². The Morgan fingerprint density at radius 3 is 2.60 bits per heavy atom. The van der Waals surface area contributed by atoms with Crippen molar-refractivity contribution in [2.45, 2.75) is 6.10 Å². The smallest absolute Gasteiger partial charge is 0.270 e. The second-order valence-electron chi connectivity index (χ2n) is 6.53. The summed E-state index contributed by atoms with van der Waals surface area (Å²) in [6.45, 7) is 0.140. The number of benzene rings is 1. The van der Waals surface area contributed by atoms with Crippen molar-refractivity contribution in [3.05, 3.63) is 73.3 Å². The summed E-state index contributed by atoms with van der Waals surface area (Å²) in [5, 5.41) is 3.35. The van der Waals surface area contributed by atoms with E-state index in [4.69, 9.17) is 9.47 Å². The highest BCUT2D eigenvalue weighted by molar-refractivity contribution is 7.19. The van der Waals surface area contributed by atoms with Gasteiger partial charge in [0.1, 0.15) is 6.61 Å². The molecule has 3 aromatic heterocycles. The number of aromatic nitrogens is 3. The molecule has 8 heteroatoms. The average Bonchev–Trinajstić information content (AvgIpc) is 3.23. The van der Waals surface area contributed by atoms with Gasteiger partial charge in [-0.25, -0.2) is 4.98 Å². The van der Waals surface area contributed by atoms with Crippen molar-refractivity contribution >= 4 is 22.4 Å². The number of anilines is 1. The molecular formula is C22H16N4O3S. The lowest BCUT2D eigenvalue weighted by Crippen LogP contribution is -2.40. The molecule has 0 spiro atoms. The van der Waals surface area contributed by atoms with E-state index in [0.717, 1.165) is 21.7 Å². The van der Waals surface area contributed by atoms with E-state index in [0.29, 0.717) is 16.6 Å². The molecule has 5 rings (SSSR count). The van der Waals surface area contributed by atoms with Crippen LogP contribution in [0.5, 0.6) is 11.5 Å². The Balaban J connectivity index is 1.43. The van der Waals surface area contributed by atoms with Gasteiger partial charge < -0.3 is 9.47 Å². The van der Waals surface area contributed by atoms with Gasteiger partial charge >= 0.3 is 0 Å². The SMILES string of the molecule is O=C(Nc1nc(-c2ccncc2)c(-c2cccnc2)s1)C1COc2ccccc2O1. The zero-order chi connectivity index (χ0) is 20.3. The summed E-state index contributed by atoms with van der Waals surface area (Å²) in [4.78, 5) is 26.7. The van der Waals surface area contributed by atoms with Crippen molar-refractivity contribution in [1.82, 2.24) is 15.0 Å². The van der Waals surface area contributed by atoms with Gasteiger partial charge in [-0.1, -0.05) is 29.5 Å². The molecule has 1 N–H and O–H groups in total. The molecule has 1 aromatic carbocycles. The summed E-state index contributed by atoms with van der Waals surface area (Å²) in [5.74, 6) is 0.878. The van der Waals surface area contributed by atoms with E-state index in [9.17, 15) is 4.79 Å². The zero-order valence-electron chi connectivity index (χ0n) is 15.7. The highest BCUT2D eigenvalue weighted by atomic mass is 32.1. The molecule has 1 amide bonds. The normalized spacial score (nSPS) is 14.9. The number of ether oxygens (including phenoxy) is 2. The van der Waals surface area contributed by atoms with Gasteiger partial charge in [-0.05, 0) is 30.3 Å². The molecule has 0 radical (unpaired) electrons. The first-order valence-corrected chi connectivity index (χ1v) is 10.1. The minimum Gasteiger partial charge on any atom is -0.485 e. The maximum Gasteiger partial charge on any atom is 0.270 e. The third kappa shape index (κ3) is 3.60. The summed E-state index contributed by atoms with van der Waals surface area (Å²) in [7, 11) is 0.